The third kappa shape index (κ3) is 3.74. The van der Waals surface area contributed by atoms with Gasteiger partial charge in [0.25, 0.3) is 0 Å². The van der Waals surface area contributed by atoms with Crippen molar-refractivity contribution in [1.82, 2.24) is 20.4 Å². The van der Waals surface area contributed by atoms with Gasteiger partial charge in [0.2, 0.25) is 11.8 Å². The summed E-state index contributed by atoms with van der Waals surface area (Å²) in [7, 11) is 0. The van der Waals surface area contributed by atoms with Crippen LogP contribution in [0.5, 0.6) is 0 Å². The third-order valence-corrected chi connectivity index (χ3v) is 3.27. The molecule has 1 aliphatic rings. The van der Waals surface area contributed by atoms with E-state index < -0.39 is 0 Å². The first-order chi connectivity index (χ1) is 9.20. The van der Waals surface area contributed by atoms with Crippen LogP contribution in [-0.2, 0) is 9.53 Å². The Bertz CT molecular complexity index is 396. The van der Waals surface area contributed by atoms with Crippen LogP contribution in [0.4, 0.5) is 0 Å². The molecule has 2 rings (SSSR count). The van der Waals surface area contributed by atoms with Gasteiger partial charge in [0, 0.05) is 12.6 Å². The summed E-state index contributed by atoms with van der Waals surface area (Å²) in [6.45, 7) is 6.12. The molecule has 0 bridgehead atoms. The molecule has 0 aliphatic carbocycles. The van der Waals surface area contributed by atoms with Crippen molar-refractivity contribution < 1.29 is 14.1 Å². The molecule has 1 aromatic rings. The Morgan fingerprint density at radius 2 is 2.53 bits per heavy atom. The van der Waals surface area contributed by atoms with Gasteiger partial charge in [-0.2, -0.15) is 4.98 Å². The molecule has 7 nitrogen and oxygen atoms in total. The van der Waals surface area contributed by atoms with Crippen molar-refractivity contribution in [3.05, 3.63) is 12.2 Å². The van der Waals surface area contributed by atoms with Crippen molar-refractivity contribution in [3.8, 4) is 0 Å². The summed E-state index contributed by atoms with van der Waals surface area (Å²) in [4.78, 5) is 18.0. The van der Waals surface area contributed by atoms with Crippen LogP contribution in [0.15, 0.2) is 10.9 Å². The summed E-state index contributed by atoms with van der Waals surface area (Å²) >= 11 is 0. The van der Waals surface area contributed by atoms with Gasteiger partial charge in [-0.05, 0) is 13.3 Å². The monoisotopic (exact) mass is 268 g/mol. The van der Waals surface area contributed by atoms with E-state index >= 15 is 0 Å². The molecule has 2 heterocycles. The summed E-state index contributed by atoms with van der Waals surface area (Å²) in [5, 5.41) is 6.56. The fourth-order valence-electron chi connectivity index (χ4n) is 1.99. The highest BCUT2D eigenvalue weighted by Crippen LogP contribution is 2.21. The number of ether oxygens (including phenoxy) is 1. The highest BCUT2D eigenvalue weighted by molar-refractivity contribution is 5.78. The first-order valence-electron chi connectivity index (χ1n) is 6.58. The maximum atomic E-state index is 11.9. The zero-order chi connectivity index (χ0) is 13.7. The predicted octanol–water partition coefficient (Wildman–Crippen LogP) is 0.358. The lowest BCUT2D eigenvalue weighted by atomic mass is 10.2. The number of nitrogens with one attached hydrogen (secondary N) is 1. The van der Waals surface area contributed by atoms with Gasteiger partial charge < -0.3 is 14.6 Å². The summed E-state index contributed by atoms with van der Waals surface area (Å²) in [6.07, 6.45) is 2.28. The van der Waals surface area contributed by atoms with Crippen molar-refractivity contribution in [2.24, 2.45) is 0 Å². The van der Waals surface area contributed by atoms with E-state index in [9.17, 15) is 4.79 Å². The molecule has 1 N–H and O–H groups in total. The van der Waals surface area contributed by atoms with E-state index in [1.807, 2.05) is 18.7 Å². The van der Waals surface area contributed by atoms with Crippen molar-refractivity contribution in [2.75, 3.05) is 26.3 Å². The van der Waals surface area contributed by atoms with E-state index in [4.69, 9.17) is 9.26 Å². The first kappa shape index (κ1) is 14.0. The van der Waals surface area contributed by atoms with Gasteiger partial charge in [-0.1, -0.05) is 12.1 Å². The fourth-order valence-corrected chi connectivity index (χ4v) is 1.99. The van der Waals surface area contributed by atoms with Gasteiger partial charge in [0.1, 0.15) is 6.04 Å². The van der Waals surface area contributed by atoms with Crippen LogP contribution in [0, 0.1) is 0 Å². The molecule has 106 valence electrons. The SMILES string of the molecule is CC[C@@H](C)NC(=O)CN1CCOC[C@H]1c1ncno1. The average molecular weight is 268 g/mol. The maximum Gasteiger partial charge on any atom is 0.246 e. The molecular weight excluding hydrogens is 248 g/mol. The standard InChI is InChI=1S/C12H20N4O3/c1-3-9(2)15-11(17)6-16-4-5-18-7-10(16)12-13-8-14-19-12/h8-10H,3-7H2,1-2H3,(H,15,17)/t9-,10+/m1/s1. The van der Waals surface area contributed by atoms with Crippen molar-refractivity contribution in [1.29, 1.82) is 0 Å². The summed E-state index contributed by atoms with van der Waals surface area (Å²) in [6, 6.07) is 0.0503. The van der Waals surface area contributed by atoms with Gasteiger partial charge in [-0.25, -0.2) is 0 Å². The van der Waals surface area contributed by atoms with E-state index in [2.05, 4.69) is 15.5 Å². The number of aromatic nitrogens is 2. The van der Waals surface area contributed by atoms with E-state index in [1.54, 1.807) is 0 Å². The Morgan fingerprint density at radius 1 is 1.68 bits per heavy atom. The Morgan fingerprint density at radius 3 is 3.21 bits per heavy atom. The molecule has 1 aliphatic heterocycles. The molecule has 19 heavy (non-hydrogen) atoms. The van der Waals surface area contributed by atoms with Crippen LogP contribution in [0.1, 0.15) is 32.2 Å². The Hall–Kier alpha value is -1.47. The van der Waals surface area contributed by atoms with Crippen LogP contribution in [0.25, 0.3) is 0 Å². The number of amides is 1. The molecule has 7 heteroatoms. The molecular formula is C12H20N4O3. The van der Waals surface area contributed by atoms with E-state index in [-0.39, 0.29) is 18.0 Å². The normalized spacial score (nSPS) is 22.1. The lowest BCUT2D eigenvalue weighted by molar-refractivity contribution is -0.125. The number of nitrogens with zero attached hydrogens (tertiary/aromatic N) is 3. The molecule has 1 amide bonds. The molecule has 1 saturated heterocycles. The second kappa shape index (κ2) is 6.63. The quantitative estimate of drug-likeness (QED) is 0.830. The molecule has 1 fully saturated rings. The van der Waals surface area contributed by atoms with Crippen LogP contribution < -0.4 is 5.32 Å². The van der Waals surface area contributed by atoms with Crippen molar-refractivity contribution >= 4 is 5.91 Å². The molecule has 0 unspecified atom stereocenters. The lowest BCUT2D eigenvalue weighted by Crippen LogP contribution is -2.46. The molecule has 0 saturated carbocycles. The highest BCUT2D eigenvalue weighted by atomic mass is 16.5. The minimum atomic E-state index is -0.140. The Labute approximate surface area is 112 Å². The van der Waals surface area contributed by atoms with Gasteiger partial charge in [0.15, 0.2) is 6.33 Å². The molecule has 2 atom stereocenters. The fraction of sp³-hybridized carbons (Fsp3) is 0.750. The Kier molecular flexibility index (Phi) is 4.86. The van der Waals surface area contributed by atoms with Crippen LogP contribution in [0.2, 0.25) is 0 Å². The molecule has 0 radical (unpaired) electrons. The minimum absolute atomic E-state index is 0.0146. The van der Waals surface area contributed by atoms with E-state index in [0.717, 1.165) is 6.42 Å². The van der Waals surface area contributed by atoms with Crippen LogP contribution in [-0.4, -0.2) is 53.3 Å². The number of morpholine rings is 1. The second-order valence-electron chi connectivity index (χ2n) is 4.72. The molecule has 1 aromatic heterocycles. The largest absolute Gasteiger partial charge is 0.378 e. The van der Waals surface area contributed by atoms with Gasteiger partial charge in [-0.15, -0.1) is 0 Å². The third-order valence-electron chi connectivity index (χ3n) is 3.27. The van der Waals surface area contributed by atoms with Crippen LogP contribution in [0.3, 0.4) is 0 Å². The zero-order valence-corrected chi connectivity index (χ0v) is 11.3. The summed E-state index contributed by atoms with van der Waals surface area (Å²) < 4.78 is 10.5. The summed E-state index contributed by atoms with van der Waals surface area (Å²) in [5.74, 6) is 0.511. The zero-order valence-electron chi connectivity index (χ0n) is 11.3. The predicted molar refractivity (Wildman–Crippen MR) is 67.3 cm³/mol. The van der Waals surface area contributed by atoms with Crippen molar-refractivity contribution in [3.63, 3.8) is 0 Å². The van der Waals surface area contributed by atoms with Gasteiger partial charge >= 0.3 is 0 Å². The Balaban J connectivity index is 1.94. The molecule has 0 aromatic carbocycles. The minimum Gasteiger partial charge on any atom is -0.378 e. The number of carbonyl (C=O) groups excluding carboxylic acids is 1. The van der Waals surface area contributed by atoms with E-state index in [0.29, 0.717) is 32.2 Å². The molecule has 0 spiro atoms. The average Bonchev–Trinajstić information content (AvgIpc) is 2.93. The number of hydrogen-bond donors (Lipinski definition) is 1. The number of carbonyl (C=O) groups is 1. The second-order valence-corrected chi connectivity index (χ2v) is 4.72. The number of hydrogen-bond acceptors (Lipinski definition) is 6. The highest BCUT2D eigenvalue weighted by Gasteiger charge is 2.30. The maximum absolute atomic E-state index is 11.9. The lowest BCUT2D eigenvalue weighted by Gasteiger charge is -2.32. The van der Waals surface area contributed by atoms with Crippen LogP contribution >= 0.6 is 0 Å². The first-order valence-corrected chi connectivity index (χ1v) is 6.58. The van der Waals surface area contributed by atoms with Gasteiger partial charge in [0.05, 0.1) is 19.8 Å². The summed E-state index contributed by atoms with van der Waals surface area (Å²) in [5.41, 5.74) is 0. The van der Waals surface area contributed by atoms with Crippen molar-refractivity contribution in [2.45, 2.75) is 32.4 Å². The van der Waals surface area contributed by atoms with E-state index in [1.165, 1.54) is 6.33 Å². The smallest absolute Gasteiger partial charge is 0.246 e. The number of rotatable bonds is 5. The van der Waals surface area contributed by atoms with Gasteiger partial charge in [-0.3, -0.25) is 9.69 Å². The topological polar surface area (TPSA) is 80.5 Å².